The minimum Gasteiger partial charge on any atom is -0.379 e. The summed E-state index contributed by atoms with van der Waals surface area (Å²) >= 11 is 0. The largest absolute Gasteiger partial charge is 0.379 e. The van der Waals surface area contributed by atoms with Crippen LogP contribution in [0.3, 0.4) is 0 Å². The summed E-state index contributed by atoms with van der Waals surface area (Å²) in [6.07, 6.45) is -0.745. The first-order valence-corrected chi connectivity index (χ1v) is 5.29. The zero-order valence-corrected chi connectivity index (χ0v) is 8.91. The molecule has 1 heterocycles. The SMILES string of the molecule is O=[N+]([O-])C(c1ccccc1)N1CCOCC1. The molecule has 1 aromatic rings. The fraction of sp³-hybridized carbons (Fsp3) is 0.455. The maximum atomic E-state index is 11.1. The number of nitro groups is 1. The highest BCUT2D eigenvalue weighted by Gasteiger charge is 2.31. The maximum absolute atomic E-state index is 11.1. The van der Waals surface area contributed by atoms with Crippen LogP contribution in [0.25, 0.3) is 0 Å². The van der Waals surface area contributed by atoms with Gasteiger partial charge >= 0.3 is 0 Å². The van der Waals surface area contributed by atoms with E-state index in [1.54, 1.807) is 12.1 Å². The smallest absolute Gasteiger partial charge is 0.294 e. The Morgan fingerprint density at radius 2 is 1.88 bits per heavy atom. The first kappa shape index (κ1) is 11.0. The summed E-state index contributed by atoms with van der Waals surface area (Å²) in [5, 5.41) is 11.1. The van der Waals surface area contributed by atoms with E-state index in [-0.39, 0.29) is 4.92 Å². The molecule has 16 heavy (non-hydrogen) atoms. The summed E-state index contributed by atoms with van der Waals surface area (Å²) < 4.78 is 5.20. The van der Waals surface area contributed by atoms with Crippen LogP contribution in [-0.2, 0) is 4.74 Å². The Hall–Kier alpha value is -1.46. The van der Waals surface area contributed by atoms with Gasteiger partial charge in [0.25, 0.3) is 6.17 Å². The van der Waals surface area contributed by atoms with E-state index < -0.39 is 6.17 Å². The van der Waals surface area contributed by atoms with Crippen LogP contribution >= 0.6 is 0 Å². The van der Waals surface area contributed by atoms with Crippen molar-refractivity contribution in [2.24, 2.45) is 0 Å². The Morgan fingerprint density at radius 3 is 2.44 bits per heavy atom. The predicted octanol–water partition coefficient (Wildman–Crippen LogP) is 1.29. The number of rotatable bonds is 3. The summed E-state index contributed by atoms with van der Waals surface area (Å²) in [5.74, 6) is 0. The topological polar surface area (TPSA) is 55.6 Å². The summed E-state index contributed by atoms with van der Waals surface area (Å²) in [4.78, 5) is 12.7. The van der Waals surface area contributed by atoms with Crippen LogP contribution in [-0.4, -0.2) is 36.1 Å². The van der Waals surface area contributed by atoms with E-state index in [9.17, 15) is 10.1 Å². The van der Waals surface area contributed by atoms with Gasteiger partial charge in [-0.3, -0.25) is 10.1 Å². The lowest BCUT2D eigenvalue weighted by atomic mass is 10.1. The van der Waals surface area contributed by atoms with Crippen LogP contribution < -0.4 is 0 Å². The lowest BCUT2D eigenvalue weighted by molar-refractivity contribution is -0.559. The number of ether oxygens (including phenoxy) is 1. The molecule has 1 saturated heterocycles. The molecule has 1 aliphatic rings. The summed E-state index contributed by atoms with van der Waals surface area (Å²) in [6, 6.07) is 9.10. The molecule has 5 nitrogen and oxygen atoms in total. The Balaban J connectivity index is 2.20. The first-order valence-electron chi connectivity index (χ1n) is 5.29. The Bertz CT molecular complexity index is 350. The maximum Gasteiger partial charge on any atom is 0.294 e. The van der Waals surface area contributed by atoms with Gasteiger partial charge in [0, 0.05) is 23.6 Å². The third kappa shape index (κ3) is 2.37. The van der Waals surface area contributed by atoms with Gasteiger partial charge in [0.15, 0.2) is 0 Å². The van der Waals surface area contributed by atoms with Crippen molar-refractivity contribution in [3.8, 4) is 0 Å². The third-order valence-electron chi connectivity index (χ3n) is 2.69. The van der Waals surface area contributed by atoms with Gasteiger partial charge < -0.3 is 4.74 Å². The van der Waals surface area contributed by atoms with Crippen LogP contribution in [0.4, 0.5) is 0 Å². The van der Waals surface area contributed by atoms with Crippen LogP contribution in [0.1, 0.15) is 11.7 Å². The van der Waals surface area contributed by atoms with Gasteiger partial charge in [0.05, 0.1) is 13.2 Å². The third-order valence-corrected chi connectivity index (χ3v) is 2.69. The van der Waals surface area contributed by atoms with E-state index in [0.29, 0.717) is 26.3 Å². The minimum atomic E-state index is -0.745. The molecule has 0 aliphatic carbocycles. The molecule has 1 unspecified atom stereocenters. The van der Waals surface area contributed by atoms with Gasteiger partial charge in [-0.05, 0) is 0 Å². The second-order valence-corrected chi connectivity index (χ2v) is 3.72. The van der Waals surface area contributed by atoms with Crippen molar-refractivity contribution in [3.63, 3.8) is 0 Å². The van der Waals surface area contributed by atoms with E-state index in [4.69, 9.17) is 4.74 Å². The molecule has 2 rings (SSSR count). The van der Waals surface area contributed by atoms with E-state index >= 15 is 0 Å². The molecule has 0 N–H and O–H groups in total. The van der Waals surface area contributed by atoms with Crippen molar-refractivity contribution in [1.82, 2.24) is 4.90 Å². The highest BCUT2D eigenvalue weighted by Crippen LogP contribution is 2.21. The average molecular weight is 222 g/mol. The Labute approximate surface area is 93.8 Å². The number of hydrogen-bond acceptors (Lipinski definition) is 4. The fourth-order valence-electron chi connectivity index (χ4n) is 1.91. The Kier molecular flexibility index (Phi) is 3.48. The molecule has 1 aromatic carbocycles. The predicted molar refractivity (Wildman–Crippen MR) is 58.6 cm³/mol. The number of nitrogens with zero attached hydrogens (tertiary/aromatic N) is 2. The van der Waals surface area contributed by atoms with E-state index in [0.717, 1.165) is 5.56 Å². The highest BCUT2D eigenvalue weighted by molar-refractivity contribution is 5.17. The fourth-order valence-corrected chi connectivity index (χ4v) is 1.91. The summed E-state index contributed by atoms with van der Waals surface area (Å²) in [6.45, 7) is 2.36. The van der Waals surface area contributed by atoms with Crippen LogP contribution in [0, 0.1) is 10.1 Å². The lowest BCUT2D eigenvalue weighted by Gasteiger charge is -2.28. The molecule has 86 valence electrons. The minimum absolute atomic E-state index is 0.235. The summed E-state index contributed by atoms with van der Waals surface area (Å²) in [5.41, 5.74) is 0.731. The average Bonchev–Trinajstić information content (AvgIpc) is 2.31. The van der Waals surface area contributed by atoms with Gasteiger partial charge in [0.2, 0.25) is 0 Å². The summed E-state index contributed by atoms with van der Waals surface area (Å²) in [7, 11) is 0. The van der Waals surface area contributed by atoms with Crippen LogP contribution in [0.5, 0.6) is 0 Å². The Morgan fingerprint density at radius 1 is 1.25 bits per heavy atom. The lowest BCUT2D eigenvalue weighted by Crippen LogP contribution is -2.42. The molecule has 0 bridgehead atoms. The molecule has 0 saturated carbocycles. The zero-order valence-electron chi connectivity index (χ0n) is 8.91. The normalized spacial score (nSPS) is 19.2. The van der Waals surface area contributed by atoms with Crippen molar-refractivity contribution in [2.45, 2.75) is 6.17 Å². The molecule has 5 heteroatoms. The molecular weight excluding hydrogens is 208 g/mol. The second kappa shape index (κ2) is 5.05. The second-order valence-electron chi connectivity index (χ2n) is 3.72. The van der Waals surface area contributed by atoms with Crippen molar-refractivity contribution in [2.75, 3.05) is 26.3 Å². The number of benzene rings is 1. The standard InChI is InChI=1S/C11H14N2O3/c14-13(15)11(10-4-2-1-3-5-10)12-6-8-16-9-7-12/h1-5,11H,6-9H2. The first-order chi connectivity index (χ1) is 7.79. The molecule has 0 aromatic heterocycles. The van der Waals surface area contributed by atoms with Gasteiger partial charge in [-0.15, -0.1) is 0 Å². The molecule has 0 spiro atoms. The molecule has 1 aliphatic heterocycles. The van der Waals surface area contributed by atoms with Crippen LogP contribution in [0.2, 0.25) is 0 Å². The van der Waals surface area contributed by atoms with Gasteiger partial charge in [0.1, 0.15) is 0 Å². The van der Waals surface area contributed by atoms with E-state index in [1.807, 2.05) is 23.1 Å². The molecule has 0 amide bonds. The quantitative estimate of drug-likeness (QED) is 0.571. The molecular formula is C11H14N2O3. The molecule has 0 radical (unpaired) electrons. The van der Waals surface area contributed by atoms with Crippen molar-refractivity contribution >= 4 is 0 Å². The van der Waals surface area contributed by atoms with Gasteiger partial charge in [-0.2, -0.15) is 0 Å². The van der Waals surface area contributed by atoms with Crippen LogP contribution in [0.15, 0.2) is 30.3 Å². The molecule has 1 atom stereocenters. The van der Waals surface area contributed by atoms with E-state index in [2.05, 4.69) is 0 Å². The molecule has 1 fully saturated rings. The van der Waals surface area contributed by atoms with Gasteiger partial charge in [-0.1, -0.05) is 30.3 Å². The van der Waals surface area contributed by atoms with Crippen molar-refractivity contribution < 1.29 is 9.66 Å². The number of morpholine rings is 1. The van der Waals surface area contributed by atoms with E-state index in [1.165, 1.54) is 0 Å². The monoisotopic (exact) mass is 222 g/mol. The zero-order chi connectivity index (χ0) is 11.4. The van der Waals surface area contributed by atoms with Crippen molar-refractivity contribution in [3.05, 3.63) is 46.0 Å². The number of hydrogen-bond donors (Lipinski definition) is 0. The highest BCUT2D eigenvalue weighted by atomic mass is 16.6. The van der Waals surface area contributed by atoms with Crippen molar-refractivity contribution in [1.29, 1.82) is 0 Å². The van der Waals surface area contributed by atoms with Gasteiger partial charge in [-0.25, -0.2) is 4.90 Å².